The molecule has 0 atom stereocenters. The number of para-hydroxylation sites is 2. The van der Waals surface area contributed by atoms with Crippen molar-refractivity contribution in [3.63, 3.8) is 0 Å². The molecule has 0 saturated heterocycles. The summed E-state index contributed by atoms with van der Waals surface area (Å²) in [6.45, 7) is 0. The van der Waals surface area contributed by atoms with Crippen LogP contribution in [0.25, 0.3) is 5.69 Å². The second-order valence-corrected chi connectivity index (χ2v) is 10.1. The van der Waals surface area contributed by atoms with E-state index in [1.807, 2.05) is 36.4 Å². The number of aryl methyl sites for hydroxylation is 1. The molecule has 3 aromatic carbocycles. The number of carbonyl (C=O) groups is 1. The molecule has 1 N–H and O–H groups in total. The summed E-state index contributed by atoms with van der Waals surface area (Å²) in [5.74, 6) is 0.254. The number of benzene rings is 3. The second kappa shape index (κ2) is 8.79. The molecule has 4 aromatic rings. The van der Waals surface area contributed by atoms with Gasteiger partial charge in [0.15, 0.2) is 0 Å². The summed E-state index contributed by atoms with van der Waals surface area (Å²) < 4.78 is 29.4. The monoisotopic (exact) mass is 472 g/mol. The van der Waals surface area contributed by atoms with Gasteiger partial charge in [-0.3, -0.25) is 9.10 Å². The van der Waals surface area contributed by atoms with Crippen LogP contribution in [0.2, 0.25) is 0 Å². The number of anilines is 2. The number of fused-ring (bicyclic) bond motifs is 1. The quantitative estimate of drug-likeness (QED) is 0.450. The van der Waals surface area contributed by atoms with Gasteiger partial charge in [-0.15, -0.1) is 0 Å². The van der Waals surface area contributed by atoms with E-state index in [1.54, 1.807) is 41.1 Å². The van der Waals surface area contributed by atoms with Crippen molar-refractivity contribution in [1.82, 2.24) is 9.78 Å². The molecule has 0 aliphatic heterocycles. The van der Waals surface area contributed by atoms with E-state index in [0.717, 1.165) is 36.2 Å². The maximum absolute atomic E-state index is 13.3. The Labute approximate surface area is 198 Å². The van der Waals surface area contributed by atoms with E-state index in [1.165, 1.54) is 23.5 Å². The van der Waals surface area contributed by atoms with Crippen LogP contribution in [-0.4, -0.2) is 31.2 Å². The maximum atomic E-state index is 13.3. The van der Waals surface area contributed by atoms with Crippen LogP contribution in [0.1, 0.15) is 28.0 Å². The van der Waals surface area contributed by atoms with Crippen LogP contribution in [0.5, 0.6) is 0 Å². The highest BCUT2D eigenvalue weighted by molar-refractivity contribution is 7.92. The number of hydrogen-bond donors (Lipinski definition) is 1. The van der Waals surface area contributed by atoms with Crippen molar-refractivity contribution in [1.29, 1.82) is 0 Å². The molecule has 1 aliphatic carbocycles. The van der Waals surface area contributed by atoms with Gasteiger partial charge >= 0.3 is 0 Å². The molecular formula is C26H24N4O3S. The molecule has 5 rings (SSSR count). The highest BCUT2D eigenvalue weighted by atomic mass is 32.2. The van der Waals surface area contributed by atoms with Gasteiger partial charge in [0.1, 0.15) is 5.82 Å². The zero-order valence-electron chi connectivity index (χ0n) is 18.7. The van der Waals surface area contributed by atoms with Crippen LogP contribution in [-0.2, 0) is 22.9 Å². The first-order valence-electron chi connectivity index (χ1n) is 11.1. The lowest BCUT2D eigenvalue weighted by atomic mass is 10.2. The van der Waals surface area contributed by atoms with Crippen LogP contribution < -0.4 is 9.62 Å². The summed E-state index contributed by atoms with van der Waals surface area (Å²) in [5.41, 5.74) is 3.67. The van der Waals surface area contributed by atoms with Crippen LogP contribution >= 0.6 is 0 Å². The Hall–Kier alpha value is -3.91. The number of amides is 1. The van der Waals surface area contributed by atoms with Gasteiger partial charge in [0.2, 0.25) is 0 Å². The Balaban J connectivity index is 1.46. The van der Waals surface area contributed by atoms with Crippen molar-refractivity contribution in [3.8, 4) is 5.69 Å². The molecular weight excluding hydrogens is 448 g/mol. The van der Waals surface area contributed by atoms with E-state index in [0.29, 0.717) is 11.5 Å². The standard InChI is InChI=1S/C26H24N4O3S/c1-29(20-11-4-2-5-12-20)34(32,33)22-15-8-10-19(18-22)26(31)27-25-23-16-9-17-24(23)28-30(25)21-13-6-3-7-14-21/h2-8,10-15,18H,9,16-17H2,1H3,(H,27,31). The van der Waals surface area contributed by atoms with Crippen LogP contribution in [0.15, 0.2) is 89.8 Å². The number of carbonyl (C=O) groups excluding carboxylic acids is 1. The summed E-state index contributed by atoms with van der Waals surface area (Å²) in [6, 6.07) is 24.6. The number of rotatable bonds is 6. The zero-order valence-corrected chi connectivity index (χ0v) is 19.5. The minimum Gasteiger partial charge on any atom is -0.306 e. The summed E-state index contributed by atoms with van der Waals surface area (Å²) in [4.78, 5) is 13.3. The molecule has 172 valence electrons. The minimum atomic E-state index is -3.83. The van der Waals surface area contributed by atoms with Crippen LogP contribution in [0, 0.1) is 0 Å². The fourth-order valence-corrected chi connectivity index (χ4v) is 5.43. The fraction of sp³-hybridized carbons (Fsp3) is 0.154. The predicted molar refractivity (Wildman–Crippen MR) is 132 cm³/mol. The third-order valence-corrected chi connectivity index (χ3v) is 7.80. The normalized spacial score (nSPS) is 12.9. The molecule has 1 aromatic heterocycles. The SMILES string of the molecule is CN(c1ccccc1)S(=O)(=O)c1cccc(C(=O)Nc2c3c(nn2-c2ccccc2)CCC3)c1. The Morgan fingerprint density at radius 1 is 0.941 bits per heavy atom. The largest absolute Gasteiger partial charge is 0.306 e. The lowest BCUT2D eigenvalue weighted by Gasteiger charge is -2.19. The molecule has 0 fully saturated rings. The van der Waals surface area contributed by atoms with Gasteiger partial charge in [-0.1, -0.05) is 42.5 Å². The number of sulfonamides is 1. The summed E-state index contributed by atoms with van der Waals surface area (Å²) >= 11 is 0. The van der Waals surface area contributed by atoms with E-state index in [2.05, 4.69) is 5.32 Å². The van der Waals surface area contributed by atoms with Crippen molar-refractivity contribution >= 4 is 27.4 Å². The lowest BCUT2D eigenvalue weighted by molar-refractivity contribution is 0.102. The van der Waals surface area contributed by atoms with Crippen molar-refractivity contribution in [2.24, 2.45) is 0 Å². The van der Waals surface area contributed by atoms with Crippen molar-refractivity contribution in [3.05, 3.63) is 102 Å². The molecule has 1 amide bonds. The second-order valence-electron chi connectivity index (χ2n) is 8.16. The average molecular weight is 473 g/mol. The zero-order chi connectivity index (χ0) is 23.7. The lowest BCUT2D eigenvalue weighted by Crippen LogP contribution is -2.27. The molecule has 0 unspecified atom stereocenters. The molecule has 34 heavy (non-hydrogen) atoms. The van der Waals surface area contributed by atoms with Crippen molar-refractivity contribution in [2.75, 3.05) is 16.7 Å². The smallest absolute Gasteiger partial charge is 0.264 e. The number of nitrogens with zero attached hydrogens (tertiary/aromatic N) is 3. The topological polar surface area (TPSA) is 84.3 Å². The molecule has 0 saturated carbocycles. The number of aromatic nitrogens is 2. The summed E-state index contributed by atoms with van der Waals surface area (Å²) in [7, 11) is -2.34. The van der Waals surface area contributed by atoms with Crippen LogP contribution in [0.4, 0.5) is 11.5 Å². The van der Waals surface area contributed by atoms with Gasteiger partial charge < -0.3 is 5.32 Å². The van der Waals surface area contributed by atoms with Gasteiger partial charge in [-0.25, -0.2) is 13.1 Å². The van der Waals surface area contributed by atoms with E-state index in [9.17, 15) is 13.2 Å². The van der Waals surface area contributed by atoms with Gasteiger partial charge in [0.05, 0.1) is 22.0 Å². The van der Waals surface area contributed by atoms with E-state index in [4.69, 9.17) is 5.10 Å². The fourth-order valence-electron chi connectivity index (χ4n) is 4.19. The summed E-state index contributed by atoms with van der Waals surface area (Å²) in [5, 5.41) is 7.72. The highest BCUT2D eigenvalue weighted by Gasteiger charge is 2.26. The van der Waals surface area contributed by atoms with E-state index >= 15 is 0 Å². The highest BCUT2D eigenvalue weighted by Crippen LogP contribution is 2.31. The molecule has 0 bridgehead atoms. The van der Waals surface area contributed by atoms with Gasteiger partial charge in [0.25, 0.3) is 15.9 Å². The molecule has 8 heteroatoms. The molecule has 1 aliphatic rings. The summed E-state index contributed by atoms with van der Waals surface area (Å²) in [6.07, 6.45) is 2.71. The van der Waals surface area contributed by atoms with Gasteiger partial charge in [0, 0.05) is 18.2 Å². The first-order valence-corrected chi connectivity index (χ1v) is 12.5. The molecule has 0 spiro atoms. The Morgan fingerprint density at radius 2 is 1.65 bits per heavy atom. The molecule has 7 nitrogen and oxygen atoms in total. The van der Waals surface area contributed by atoms with Gasteiger partial charge in [-0.05, 0) is 61.7 Å². The van der Waals surface area contributed by atoms with Crippen molar-refractivity contribution < 1.29 is 13.2 Å². The first-order chi connectivity index (χ1) is 16.4. The number of hydrogen-bond acceptors (Lipinski definition) is 4. The molecule has 0 radical (unpaired) electrons. The third kappa shape index (κ3) is 3.97. The Bertz CT molecular complexity index is 1450. The predicted octanol–water partition coefficient (Wildman–Crippen LogP) is 4.44. The molecule has 1 heterocycles. The average Bonchev–Trinajstić information content (AvgIpc) is 3.47. The van der Waals surface area contributed by atoms with E-state index < -0.39 is 10.0 Å². The number of nitrogens with one attached hydrogen (secondary N) is 1. The van der Waals surface area contributed by atoms with Gasteiger partial charge in [-0.2, -0.15) is 5.10 Å². The Kier molecular flexibility index (Phi) is 5.67. The van der Waals surface area contributed by atoms with Crippen molar-refractivity contribution in [2.45, 2.75) is 24.2 Å². The van der Waals surface area contributed by atoms with E-state index in [-0.39, 0.29) is 16.4 Å². The first kappa shape index (κ1) is 21.9. The Morgan fingerprint density at radius 3 is 2.38 bits per heavy atom. The third-order valence-electron chi connectivity index (χ3n) is 6.01. The minimum absolute atomic E-state index is 0.0494. The maximum Gasteiger partial charge on any atom is 0.264 e. The van der Waals surface area contributed by atoms with Crippen LogP contribution in [0.3, 0.4) is 0 Å².